The summed E-state index contributed by atoms with van der Waals surface area (Å²) in [5.74, 6) is -0.987. The van der Waals surface area contributed by atoms with Crippen LogP contribution in [-0.4, -0.2) is 40.7 Å². The first-order valence-corrected chi connectivity index (χ1v) is 5.67. The molecule has 0 radical (unpaired) electrons. The van der Waals surface area contributed by atoms with Crippen LogP contribution in [0.2, 0.25) is 0 Å². The average Bonchev–Trinajstić information content (AvgIpc) is 2.26. The molecule has 17 heavy (non-hydrogen) atoms. The molecule has 9 nitrogen and oxygen atoms in total. The fourth-order valence-electron chi connectivity index (χ4n) is 0.633. The van der Waals surface area contributed by atoms with Crippen molar-refractivity contribution in [1.29, 1.82) is 0 Å². The Bertz CT molecular complexity index is 463. The molecular weight excluding hydrogens is 258 g/mol. The summed E-state index contributed by atoms with van der Waals surface area (Å²) >= 11 is 0. The van der Waals surface area contributed by atoms with Crippen molar-refractivity contribution in [2.75, 3.05) is 6.26 Å². The van der Waals surface area contributed by atoms with Gasteiger partial charge in [-0.15, -0.1) is 0 Å². The lowest BCUT2D eigenvalue weighted by Crippen LogP contribution is -2.02. The largest absolute Gasteiger partial charge is 0.374 e. The molecule has 0 saturated heterocycles. The van der Waals surface area contributed by atoms with Gasteiger partial charge in [-0.2, -0.15) is 13.7 Å². The third-order valence-corrected chi connectivity index (χ3v) is 1.14. The number of carbonyl (C=O) groups is 1. The molecule has 96 valence electrons. The fourth-order valence-corrected chi connectivity index (χ4v) is 0.633. The smallest absolute Gasteiger partial charge is 0.339 e. The Labute approximate surface area is 95.9 Å². The fraction of sp³-hybridized carbons (Fsp3) is 0.143. The van der Waals surface area contributed by atoms with E-state index in [-0.39, 0.29) is 11.3 Å². The molecule has 0 amide bonds. The van der Waals surface area contributed by atoms with Crippen molar-refractivity contribution in [3.8, 4) is 5.75 Å². The van der Waals surface area contributed by atoms with E-state index in [9.17, 15) is 13.2 Å². The molecule has 0 aliphatic carbocycles. The van der Waals surface area contributed by atoms with Crippen LogP contribution in [0.25, 0.3) is 0 Å². The second-order valence-electron chi connectivity index (χ2n) is 2.61. The highest BCUT2D eigenvalue weighted by atomic mass is 32.2. The van der Waals surface area contributed by atoms with Gasteiger partial charge >= 0.3 is 5.97 Å². The number of carbonyl (C=O) groups excluding carboxylic acids is 1. The van der Waals surface area contributed by atoms with E-state index in [4.69, 9.17) is 15.1 Å². The third-order valence-electron chi connectivity index (χ3n) is 1.14. The van der Waals surface area contributed by atoms with Gasteiger partial charge in [0.15, 0.2) is 5.75 Å². The summed E-state index contributed by atoms with van der Waals surface area (Å²) in [7, 11) is -3.67. The van der Waals surface area contributed by atoms with Gasteiger partial charge in [0.25, 0.3) is 10.1 Å². The normalized spacial score (nSPS) is 9.88. The maximum atomic E-state index is 10.6. The van der Waals surface area contributed by atoms with E-state index >= 15 is 0 Å². The third kappa shape index (κ3) is 8.10. The van der Waals surface area contributed by atoms with Crippen LogP contribution in [0.1, 0.15) is 10.4 Å². The molecule has 0 saturated carbocycles. The van der Waals surface area contributed by atoms with Gasteiger partial charge in [-0.3, -0.25) is 14.4 Å². The Hall–Kier alpha value is -1.75. The second-order valence-corrected chi connectivity index (χ2v) is 4.08. The van der Waals surface area contributed by atoms with Crippen LogP contribution in [0.4, 0.5) is 0 Å². The molecule has 3 N–H and O–H groups in total. The van der Waals surface area contributed by atoms with E-state index in [1.165, 1.54) is 6.20 Å². The average molecular weight is 267 g/mol. The van der Waals surface area contributed by atoms with Crippen LogP contribution in [0.15, 0.2) is 18.5 Å². The van der Waals surface area contributed by atoms with Crippen LogP contribution in [0.5, 0.6) is 5.75 Å². The number of hydrogen-bond donors (Lipinski definition) is 3. The summed E-state index contributed by atoms with van der Waals surface area (Å²) < 4.78 is 25.9. The van der Waals surface area contributed by atoms with Crippen LogP contribution in [0, 0.1) is 0 Å². The van der Waals surface area contributed by atoms with Crippen LogP contribution in [0.3, 0.4) is 0 Å². The molecule has 1 aromatic rings. The van der Waals surface area contributed by atoms with E-state index in [0.717, 1.165) is 12.3 Å². The highest BCUT2D eigenvalue weighted by Crippen LogP contribution is 2.10. The predicted octanol–water partition coefficient (Wildman–Crippen LogP) is 0.0672. The summed E-state index contributed by atoms with van der Waals surface area (Å²) in [4.78, 5) is 21.4. The maximum Gasteiger partial charge on any atom is 0.374 e. The van der Waals surface area contributed by atoms with Gasteiger partial charge in [-0.1, -0.05) is 0 Å². The van der Waals surface area contributed by atoms with Gasteiger partial charge in [0, 0.05) is 12.3 Å². The van der Waals surface area contributed by atoms with Gasteiger partial charge in [0.2, 0.25) is 0 Å². The zero-order valence-corrected chi connectivity index (χ0v) is 9.29. The van der Waals surface area contributed by atoms with Crippen molar-refractivity contribution < 1.29 is 38.1 Å². The van der Waals surface area contributed by atoms with Crippen molar-refractivity contribution in [1.82, 2.24) is 4.98 Å². The molecule has 1 aromatic heterocycles. The monoisotopic (exact) mass is 267 g/mol. The molecule has 0 bridgehead atoms. The molecule has 0 aliphatic rings. The first-order chi connectivity index (χ1) is 7.77. The summed E-state index contributed by atoms with van der Waals surface area (Å²) in [6.07, 6.45) is 3.06. The summed E-state index contributed by atoms with van der Waals surface area (Å²) in [6.45, 7) is 0. The molecule has 0 fully saturated rings. The molecule has 1 rings (SSSR count). The van der Waals surface area contributed by atoms with Crippen LogP contribution < -0.4 is 4.89 Å². The lowest BCUT2D eigenvalue weighted by Gasteiger charge is -1.97. The Morgan fingerprint density at radius 3 is 2.29 bits per heavy atom. The number of nitrogens with zero attached hydrogens (tertiary/aromatic N) is 1. The molecule has 0 spiro atoms. The van der Waals surface area contributed by atoms with E-state index in [1.807, 2.05) is 0 Å². The summed E-state index contributed by atoms with van der Waals surface area (Å²) in [5.41, 5.74) is -0.0240. The zero-order valence-electron chi connectivity index (χ0n) is 8.47. The minimum Gasteiger partial charge on any atom is -0.339 e. The van der Waals surface area contributed by atoms with Gasteiger partial charge < -0.3 is 4.89 Å². The maximum absolute atomic E-state index is 10.6. The van der Waals surface area contributed by atoms with Crippen molar-refractivity contribution in [2.24, 2.45) is 0 Å². The Morgan fingerprint density at radius 2 is 1.88 bits per heavy atom. The van der Waals surface area contributed by atoms with E-state index in [2.05, 4.69) is 14.8 Å². The van der Waals surface area contributed by atoms with Gasteiger partial charge in [-0.25, -0.2) is 10.1 Å². The Kier molecular flexibility index (Phi) is 6.06. The highest BCUT2D eigenvalue weighted by molar-refractivity contribution is 7.85. The topological polar surface area (TPSA) is 143 Å². The van der Waals surface area contributed by atoms with Crippen molar-refractivity contribution in [2.45, 2.75) is 0 Å². The number of pyridine rings is 1. The molecule has 0 aliphatic heterocycles. The second kappa shape index (κ2) is 6.75. The van der Waals surface area contributed by atoms with E-state index in [0.29, 0.717) is 6.26 Å². The predicted molar refractivity (Wildman–Crippen MR) is 53.0 cm³/mol. The molecule has 1 heterocycles. The van der Waals surface area contributed by atoms with E-state index < -0.39 is 16.1 Å². The number of hydrogen-bond acceptors (Lipinski definition) is 8. The van der Waals surface area contributed by atoms with Gasteiger partial charge in [-0.05, 0) is 0 Å². The van der Waals surface area contributed by atoms with Gasteiger partial charge in [0.05, 0.1) is 18.0 Å². The van der Waals surface area contributed by atoms with Crippen LogP contribution >= 0.6 is 0 Å². The van der Waals surface area contributed by atoms with Crippen molar-refractivity contribution >= 4 is 16.1 Å². The minimum absolute atomic E-state index is 0.0158. The first-order valence-electron chi connectivity index (χ1n) is 3.82. The lowest BCUT2D eigenvalue weighted by atomic mass is 10.3. The molecular formula is C7H9NO8S. The lowest BCUT2D eigenvalue weighted by molar-refractivity contribution is -0.183. The van der Waals surface area contributed by atoms with Gasteiger partial charge in [0.1, 0.15) is 0 Å². The quantitative estimate of drug-likeness (QED) is 0.385. The first kappa shape index (κ1) is 15.2. The van der Waals surface area contributed by atoms with Crippen LogP contribution in [-0.2, 0) is 15.0 Å². The van der Waals surface area contributed by atoms with Crippen molar-refractivity contribution in [3.63, 3.8) is 0 Å². The number of rotatable bonds is 2. The zero-order chi connectivity index (χ0) is 13.5. The molecule has 0 aromatic carbocycles. The number of aromatic nitrogens is 1. The summed E-state index contributed by atoms with van der Waals surface area (Å²) in [5, 5.41) is 16.1. The summed E-state index contributed by atoms with van der Waals surface area (Å²) in [6, 6.07) is 1.16. The Balaban J connectivity index is 0.000000437. The molecule has 10 heteroatoms. The van der Waals surface area contributed by atoms with Crippen molar-refractivity contribution in [3.05, 3.63) is 24.0 Å². The molecule has 0 unspecified atom stereocenters. The SMILES string of the molecule is CS(=O)(=O)O.O=C(OO)c1cncc(OO)c1. The van der Waals surface area contributed by atoms with E-state index in [1.54, 1.807) is 0 Å². The Morgan fingerprint density at radius 1 is 1.35 bits per heavy atom. The highest BCUT2D eigenvalue weighted by Gasteiger charge is 2.08. The molecule has 0 atom stereocenters. The minimum atomic E-state index is -3.67. The standard InChI is InChI=1S/C6H5NO5.CH4O3S/c8-6(12-10)4-1-5(11-9)3-7-2-4;1-5(2,3)4/h1-3,9-10H;1H3,(H,2,3,4).